The van der Waals surface area contributed by atoms with Crippen LogP contribution in [-0.4, -0.2) is 73.2 Å². The molecule has 2 heterocycles. The fraction of sp³-hybridized carbons (Fsp3) is 0.406. The number of benzene rings is 4. The molecule has 1 aliphatic carbocycles. The van der Waals surface area contributed by atoms with Crippen molar-refractivity contribution < 1.29 is 56.0 Å². The van der Waals surface area contributed by atoms with Gasteiger partial charge in [0.1, 0.15) is 31.3 Å². The van der Waals surface area contributed by atoms with Crippen LogP contribution in [0, 0.1) is 11.8 Å². The third-order valence-electron chi connectivity index (χ3n) is 14.2. The number of thiazole rings is 1. The lowest BCUT2D eigenvalue weighted by atomic mass is 9.76. The second-order valence-electron chi connectivity index (χ2n) is 20.6. The van der Waals surface area contributed by atoms with Gasteiger partial charge in [0.05, 0.1) is 42.9 Å². The molecule has 1 saturated carbocycles. The zero-order chi connectivity index (χ0) is 57.6. The van der Waals surface area contributed by atoms with Crippen LogP contribution in [0.25, 0.3) is 21.0 Å². The second-order valence-corrected chi connectivity index (χ2v) is 21.6. The number of alkyl halides is 3. The molecule has 0 amide bonds. The number of fused-ring (bicyclic) bond motifs is 3. The van der Waals surface area contributed by atoms with Gasteiger partial charge in [0.15, 0.2) is 0 Å². The molecule has 6 aromatic rings. The predicted octanol–water partition coefficient (Wildman–Crippen LogP) is 15.2. The Morgan fingerprint density at radius 1 is 0.753 bits per heavy atom. The first-order valence-electron chi connectivity index (χ1n) is 27.8. The Kier molecular flexibility index (Phi) is 23.3. The lowest BCUT2D eigenvalue weighted by Crippen LogP contribution is -2.30. The first-order valence-corrected chi connectivity index (χ1v) is 28.6. The largest absolute Gasteiger partial charge is 0.489 e. The highest BCUT2D eigenvalue weighted by Gasteiger charge is 2.33. The minimum absolute atomic E-state index is 0.0944. The molecule has 17 heteroatoms. The monoisotopic (exact) mass is 1130 g/mol. The van der Waals surface area contributed by atoms with Crippen molar-refractivity contribution in [2.75, 3.05) is 38.0 Å². The Morgan fingerprint density at radius 3 is 2.12 bits per heavy atom. The quantitative estimate of drug-likeness (QED) is 0.00988. The van der Waals surface area contributed by atoms with Crippen LogP contribution in [0.1, 0.15) is 125 Å². The number of aromatic nitrogens is 2. The summed E-state index contributed by atoms with van der Waals surface area (Å²) < 4.78 is 77.7. The molecule has 0 saturated heterocycles. The summed E-state index contributed by atoms with van der Waals surface area (Å²) in [6, 6.07) is 28.7. The Labute approximate surface area is 476 Å². The van der Waals surface area contributed by atoms with Gasteiger partial charge in [-0.1, -0.05) is 105 Å². The van der Waals surface area contributed by atoms with Crippen LogP contribution < -0.4 is 19.2 Å². The second kappa shape index (κ2) is 30.9. The average molecular weight is 1130 g/mol. The summed E-state index contributed by atoms with van der Waals surface area (Å²) >= 11 is 1.15. The number of esters is 3. The molecule has 4 aromatic carbocycles. The van der Waals surface area contributed by atoms with Gasteiger partial charge in [-0.3, -0.25) is 0 Å². The number of halogens is 3. The summed E-state index contributed by atoms with van der Waals surface area (Å²) in [5.41, 5.74) is 4.71. The SMILES string of the molecule is C=CC(=O)OCCCCCCOc1ccc(COc2ccc(OCc3ccc(C4CCC(CCCC(CCOC(=O)C(=C)C)CCOC(=O)C(=C)C)CC4)cc3)cc2/C=N/N(CC(F)(F)F)c2nc3ccc4ccccc4c3s2)cn1. The molecule has 0 spiro atoms. The van der Waals surface area contributed by atoms with Crippen LogP contribution in [-0.2, 0) is 41.8 Å². The molecule has 0 aliphatic heterocycles. The van der Waals surface area contributed by atoms with E-state index in [0.29, 0.717) is 90.7 Å². The maximum Gasteiger partial charge on any atom is 0.408 e. The topological polar surface area (TPSA) is 148 Å². The maximum atomic E-state index is 14.2. The molecule has 2 aromatic heterocycles. The van der Waals surface area contributed by atoms with E-state index in [1.54, 1.807) is 50.4 Å². The number of ether oxygens (including phenoxy) is 6. The van der Waals surface area contributed by atoms with Crippen LogP contribution in [0.4, 0.5) is 18.3 Å². The third-order valence-corrected chi connectivity index (χ3v) is 15.3. The summed E-state index contributed by atoms with van der Waals surface area (Å²) in [4.78, 5) is 44.2. The van der Waals surface area contributed by atoms with E-state index in [1.165, 1.54) is 11.8 Å². The molecule has 13 nitrogen and oxygen atoms in total. The van der Waals surface area contributed by atoms with Gasteiger partial charge >= 0.3 is 24.1 Å². The molecule has 0 atom stereocenters. The molecule has 7 rings (SSSR count). The van der Waals surface area contributed by atoms with Crippen LogP contribution in [0.15, 0.2) is 139 Å². The number of carbonyl (C=O) groups excluding carboxylic acids is 3. The average Bonchev–Trinajstić information content (AvgIpc) is 3.93. The molecule has 0 radical (unpaired) electrons. The van der Waals surface area contributed by atoms with Crippen molar-refractivity contribution in [3.8, 4) is 17.4 Å². The molecule has 1 fully saturated rings. The van der Waals surface area contributed by atoms with Gasteiger partial charge in [-0.15, -0.1) is 0 Å². The summed E-state index contributed by atoms with van der Waals surface area (Å²) in [6.07, 6.45) is 11.9. The summed E-state index contributed by atoms with van der Waals surface area (Å²) in [5.74, 6) is 1.45. The number of rotatable bonds is 32. The maximum absolute atomic E-state index is 14.2. The molecule has 430 valence electrons. The number of pyridine rings is 1. The van der Waals surface area contributed by atoms with Crippen LogP contribution in [0.5, 0.6) is 17.4 Å². The highest BCUT2D eigenvalue weighted by atomic mass is 32.1. The number of hydrogen-bond acceptors (Lipinski definition) is 14. The van der Waals surface area contributed by atoms with Crippen LogP contribution in [0.2, 0.25) is 0 Å². The molecule has 81 heavy (non-hydrogen) atoms. The smallest absolute Gasteiger partial charge is 0.408 e. The number of unbranched alkanes of at least 4 members (excludes halogenated alkanes) is 3. The lowest BCUT2D eigenvalue weighted by molar-refractivity contribution is -0.140. The zero-order valence-electron chi connectivity index (χ0n) is 46.4. The minimum Gasteiger partial charge on any atom is -0.489 e. The molecular weight excluding hydrogens is 1060 g/mol. The summed E-state index contributed by atoms with van der Waals surface area (Å²) in [6.45, 7) is 14.4. The summed E-state index contributed by atoms with van der Waals surface area (Å²) in [7, 11) is 0. The highest BCUT2D eigenvalue weighted by molar-refractivity contribution is 7.23. The number of nitrogens with zero attached hydrogens (tertiary/aromatic N) is 4. The van der Waals surface area contributed by atoms with Crippen molar-refractivity contribution in [1.82, 2.24) is 9.97 Å². The number of anilines is 1. The van der Waals surface area contributed by atoms with E-state index in [1.807, 2.05) is 36.4 Å². The highest BCUT2D eigenvalue weighted by Crippen LogP contribution is 2.39. The molecule has 0 bridgehead atoms. The van der Waals surface area contributed by atoms with E-state index in [-0.39, 0.29) is 24.3 Å². The first kappa shape index (κ1) is 61.1. The fourth-order valence-electron chi connectivity index (χ4n) is 9.62. The van der Waals surface area contributed by atoms with Crippen molar-refractivity contribution in [3.63, 3.8) is 0 Å². The normalized spacial score (nSPS) is 14.4. The van der Waals surface area contributed by atoms with Crippen molar-refractivity contribution in [3.05, 3.63) is 156 Å². The van der Waals surface area contributed by atoms with E-state index < -0.39 is 30.6 Å². The Bertz CT molecular complexity index is 3050. The predicted molar refractivity (Wildman–Crippen MR) is 312 cm³/mol. The van der Waals surface area contributed by atoms with Crippen LogP contribution >= 0.6 is 11.3 Å². The van der Waals surface area contributed by atoms with Crippen molar-refractivity contribution in [1.29, 1.82) is 0 Å². The van der Waals surface area contributed by atoms with Gasteiger partial charge in [-0.2, -0.15) is 18.3 Å². The fourth-order valence-corrected chi connectivity index (χ4v) is 10.7. The third kappa shape index (κ3) is 19.9. The van der Waals surface area contributed by atoms with E-state index in [2.05, 4.69) is 59.1 Å². The van der Waals surface area contributed by atoms with Gasteiger partial charge in [0.2, 0.25) is 11.0 Å². The Morgan fingerprint density at radius 2 is 1.44 bits per heavy atom. The van der Waals surface area contributed by atoms with Crippen LogP contribution in [0.3, 0.4) is 0 Å². The molecular formula is C64H73F3N4O9S. The van der Waals surface area contributed by atoms with Gasteiger partial charge < -0.3 is 28.4 Å². The van der Waals surface area contributed by atoms with E-state index in [0.717, 1.165) is 120 Å². The summed E-state index contributed by atoms with van der Waals surface area (Å²) in [5, 5.41) is 7.23. The van der Waals surface area contributed by atoms with Gasteiger partial charge in [-0.05, 0) is 143 Å². The lowest BCUT2D eigenvalue weighted by Gasteiger charge is -2.29. The van der Waals surface area contributed by atoms with Crippen molar-refractivity contribution in [2.24, 2.45) is 16.9 Å². The Hall–Kier alpha value is -7.53. The molecule has 1 aliphatic rings. The van der Waals surface area contributed by atoms with Gasteiger partial charge in [0, 0.05) is 46.0 Å². The molecule has 0 unspecified atom stereocenters. The molecule has 0 N–H and O–H groups in total. The number of hydrogen-bond donors (Lipinski definition) is 0. The first-order chi connectivity index (χ1) is 39.1. The van der Waals surface area contributed by atoms with Crippen molar-refractivity contribution >= 4 is 61.6 Å². The minimum atomic E-state index is -4.59. The number of hydrazone groups is 1. The van der Waals surface area contributed by atoms with Crippen molar-refractivity contribution in [2.45, 2.75) is 123 Å². The zero-order valence-corrected chi connectivity index (χ0v) is 47.2. The van der Waals surface area contributed by atoms with E-state index >= 15 is 0 Å². The van der Waals surface area contributed by atoms with Gasteiger partial charge in [0.25, 0.3) is 0 Å². The van der Waals surface area contributed by atoms with Gasteiger partial charge in [-0.25, -0.2) is 29.4 Å². The van der Waals surface area contributed by atoms with E-state index in [9.17, 15) is 27.6 Å². The van der Waals surface area contributed by atoms with E-state index in [4.69, 9.17) is 28.4 Å². The Balaban J connectivity index is 0.959. The number of carbonyl (C=O) groups is 3. The standard InChI is InChI=1S/C64H73F3N4O9S/c1-6-59(72)76-35-12-8-7-11-34-75-58-31-22-49(39-68-58)42-80-57-30-28-54(38-53(57)40-69-71(43-64(65,66)67)63-70-56-29-27-52-16-9-10-17-55(52)60(56)81-63)79-41-48-20-25-51(26-21-48)50-23-18-46(19-24-50)14-13-15-47(32-36-77-61(73)44(2)3)33-37-78-62(74)45(4)5/h6,9-10,16-17,20-22,25-31,38-40,46-47,50H,1-2,4,7-8,11-15,18-19,23-24,32-37,41-43H2,3,5H3/b69-40+.